The molecule has 0 heterocycles. The van der Waals surface area contributed by atoms with E-state index in [1.807, 2.05) is 6.07 Å². The van der Waals surface area contributed by atoms with E-state index in [2.05, 4.69) is 0 Å². The Morgan fingerprint density at radius 1 is 1.33 bits per heavy atom. The van der Waals surface area contributed by atoms with E-state index in [4.69, 9.17) is 21.5 Å². The van der Waals surface area contributed by atoms with E-state index in [0.29, 0.717) is 5.56 Å². The third-order valence-electron chi connectivity index (χ3n) is 2.86. The average molecular weight is 285 g/mol. The number of nitrogens with zero attached hydrogens (tertiary/aromatic N) is 1. The lowest BCUT2D eigenvalue weighted by atomic mass is 10.1. The van der Waals surface area contributed by atoms with Gasteiger partial charge < -0.3 is 16.2 Å². The second kappa shape index (κ2) is 5.92. The van der Waals surface area contributed by atoms with Crippen molar-refractivity contribution in [2.75, 3.05) is 5.73 Å². The highest BCUT2D eigenvalue weighted by Crippen LogP contribution is 2.27. The fourth-order valence-electron chi connectivity index (χ4n) is 1.81. The summed E-state index contributed by atoms with van der Waals surface area (Å²) in [4.78, 5) is 11.3. The Morgan fingerprint density at radius 3 is 2.76 bits per heavy atom. The van der Waals surface area contributed by atoms with E-state index in [9.17, 15) is 9.18 Å². The Hall–Kier alpha value is -3.07. The number of nitrogens with two attached hydrogens (primary N) is 2. The van der Waals surface area contributed by atoms with E-state index in [-0.39, 0.29) is 29.2 Å². The van der Waals surface area contributed by atoms with Crippen molar-refractivity contribution in [2.45, 2.75) is 6.61 Å². The molecular weight excluding hydrogens is 273 g/mol. The topological polar surface area (TPSA) is 102 Å². The first-order valence-electron chi connectivity index (χ1n) is 6.02. The van der Waals surface area contributed by atoms with Gasteiger partial charge in [-0.15, -0.1) is 0 Å². The molecule has 0 saturated carbocycles. The molecule has 106 valence electrons. The molecule has 0 bridgehead atoms. The maximum Gasteiger partial charge on any atom is 0.252 e. The third-order valence-corrected chi connectivity index (χ3v) is 2.86. The molecular formula is C15H12FN3O2. The van der Waals surface area contributed by atoms with Crippen molar-refractivity contribution in [1.29, 1.82) is 5.26 Å². The molecule has 0 atom stereocenters. The Labute approximate surface area is 120 Å². The number of amides is 1. The SMILES string of the molecule is N#Cc1ccc(F)c(COc2c(N)cccc2C(N)=O)c1. The number of nitrogen functional groups attached to an aromatic ring is 1. The van der Waals surface area contributed by atoms with Gasteiger partial charge in [-0.3, -0.25) is 4.79 Å². The minimum atomic E-state index is -0.691. The quantitative estimate of drug-likeness (QED) is 0.838. The number of carbonyl (C=O) groups excluding carboxylic acids is 1. The summed E-state index contributed by atoms with van der Waals surface area (Å²) in [6, 6.07) is 10.4. The van der Waals surface area contributed by atoms with Crippen molar-refractivity contribution >= 4 is 11.6 Å². The summed E-state index contributed by atoms with van der Waals surface area (Å²) in [5.74, 6) is -1.10. The molecule has 2 rings (SSSR count). The van der Waals surface area contributed by atoms with E-state index in [1.165, 1.54) is 24.3 Å². The number of primary amides is 1. The summed E-state index contributed by atoms with van der Waals surface area (Å²) >= 11 is 0. The van der Waals surface area contributed by atoms with Crippen LogP contribution in [-0.2, 0) is 6.61 Å². The average Bonchev–Trinajstić information content (AvgIpc) is 2.47. The first kappa shape index (κ1) is 14.3. The van der Waals surface area contributed by atoms with Crippen LogP contribution in [0.15, 0.2) is 36.4 Å². The molecule has 0 radical (unpaired) electrons. The fraction of sp³-hybridized carbons (Fsp3) is 0.0667. The predicted octanol–water partition coefficient (Wildman–Crippen LogP) is 1.96. The Balaban J connectivity index is 2.29. The van der Waals surface area contributed by atoms with Crippen molar-refractivity contribution in [1.82, 2.24) is 0 Å². The van der Waals surface area contributed by atoms with Gasteiger partial charge in [0.2, 0.25) is 0 Å². The van der Waals surface area contributed by atoms with E-state index < -0.39 is 11.7 Å². The van der Waals surface area contributed by atoms with Gasteiger partial charge in [-0.2, -0.15) is 5.26 Å². The van der Waals surface area contributed by atoms with Crippen LogP contribution in [0, 0.1) is 17.1 Å². The Morgan fingerprint density at radius 2 is 2.10 bits per heavy atom. The van der Waals surface area contributed by atoms with Gasteiger partial charge in [0, 0.05) is 5.56 Å². The van der Waals surface area contributed by atoms with Crippen LogP contribution in [0.5, 0.6) is 5.75 Å². The fourth-order valence-corrected chi connectivity index (χ4v) is 1.81. The number of para-hydroxylation sites is 1. The van der Waals surface area contributed by atoms with Crippen molar-refractivity contribution in [3.63, 3.8) is 0 Å². The molecule has 1 amide bonds. The van der Waals surface area contributed by atoms with Crippen molar-refractivity contribution in [3.8, 4) is 11.8 Å². The van der Waals surface area contributed by atoms with Crippen LogP contribution < -0.4 is 16.2 Å². The molecule has 5 nitrogen and oxygen atoms in total. The molecule has 4 N–H and O–H groups in total. The number of ether oxygens (including phenoxy) is 1. The molecule has 0 saturated heterocycles. The summed E-state index contributed by atoms with van der Waals surface area (Å²) in [5.41, 5.74) is 11.8. The van der Waals surface area contributed by atoms with Gasteiger partial charge in [0.15, 0.2) is 5.75 Å². The molecule has 0 aliphatic rings. The van der Waals surface area contributed by atoms with Crippen LogP contribution in [0.4, 0.5) is 10.1 Å². The van der Waals surface area contributed by atoms with Crippen LogP contribution in [0.2, 0.25) is 0 Å². The molecule has 21 heavy (non-hydrogen) atoms. The van der Waals surface area contributed by atoms with Crippen molar-refractivity contribution in [2.24, 2.45) is 5.73 Å². The second-order valence-electron chi connectivity index (χ2n) is 4.29. The molecule has 0 spiro atoms. The maximum atomic E-state index is 13.7. The molecule has 0 aromatic heterocycles. The molecule has 6 heteroatoms. The third kappa shape index (κ3) is 3.09. The van der Waals surface area contributed by atoms with E-state index in [0.717, 1.165) is 0 Å². The molecule has 0 fully saturated rings. The van der Waals surface area contributed by atoms with Gasteiger partial charge in [-0.05, 0) is 30.3 Å². The zero-order valence-corrected chi connectivity index (χ0v) is 11.0. The number of carbonyl (C=O) groups is 1. The normalized spacial score (nSPS) is 9.90. The minimum absolute atomic E-state index is 0.103. The summed E-state index contributed by atoms with van der Waals surface area (Å²) in [6.07, 6.45) is 0. The number of benzene rings is 2. The van der Waals surface area contributed by atoms with Gasteiger partial charge in [-0.25, -0.2) is 4.39 Å². The van der Waals surface area contributed by atoms with Crippen LogP contribution in [0.3, 0.4) is 0 Å². The molecule has 0 aliphatic carbocycles. The molecule has 2 aromatic carbocycles. The first-order valence-corrected chi connectivity index (χ1v) is 6.02. The lowest BCUT2D eigenvalue weighted by Gasteiger charge is -2.12. The number of halogens is 1. The van der Waals surface area contributed by atoms with Gasteiger partial charge in [0.1, 0.15) is 12.4 Å². The largest absolute Gasteiger partial charge is 0.486 e. The molecule has 0 unspecified atom stereocenters. The minimum Gasteiger partial charge on any atom is -0.486 e. The Kier molecular flexibility index (Phi) is 4.05. The van der Waals surface area contributed by atoms with Crippen LogP contribution in [0.25, 0.3) is 0 Å². The van der Waals surface area contributed by atoms with E-state index in [1.54, 1.807) is 12.1 Å². The van der Waals surface area contributed by atoms with Crippen LogP contribution >= 0.6 is 0 Å². The summed E-state index contributed by atoms with van der Waals surface area (Å²) < 4.78 is 19.1. The smallest absolute Gasteiger partial charge is 0.252 e. The van der Waals surface area contributed by atoms with Gasteiger partial charge >= 0.3 is 0 Å². The predicted molar refractivity (Wildman–Crippen MR) is 74.8 cm³/mol. The second-order valence-corrected chi connectivity index (χ2v) is 4.29. The van der Waals surface area contributed by atoms with Gasteiger partial charge in [0.05, 0.1) is 22.9 Å². The highest BCUT2D eigenvalue weighted by Gasteiger charge is 2.13. The molecule has 2 aromatic rings. The summed E-state index contributed by atoms with van der Waals surface area (Å²) in [5, 5.41) is 8.80. The number of hydrogen-bond donors (Lipinski definition) is 2. The van der Waals surface area contributed by atoms with Crippen molar-refractivity contribution < 1.29 is 13.9 Å². The van der Waals surface area contributed by atoms with Gasteiger partial charge in [-0.1, -0.05) is 6.07 Å². The zero-order chi connectivity index (χ0) is 15.4. The lowest BCUT2D eigenvalue weighted by molar-refractivity contribution is 0.0996. The van der Waals surface area contributed by atoms with E-state index >= 15 is 0 Å². The lowest BCUT2D eigenvalue weighted by Crippen LogP contribution is -2.14. The first-order chi connectivity index (χ1) is 10.0. The number of rotatable bonds is 4. The Bertz CT molecular complexity index is 738. The monoisotopic (exact) mass is 285 g/mol. The van der Waals surface area contributed by atoms with Gasteiger partial charge in [0.25, 0.3) is 5.91 Å². The number of nitriles is 1. The summed E-state index contributed by atoms with van der Waals surface area (Å²) in [6.45, 7) is -0.171. The molecule has 0 aliphatic heterocycles. The standard InChI is InChI=1S/C15H12FN3O2/c16-12-5-4-9(7-17)6-10(12)8-21-14-11(15(19)20)2-1-3-13(14)18/h1-6H,8,18H2,(H2,19,20). The summed E-state index contributed by atoms with van der Waals surface area (Å²) in [7, 11) is 0. The van der Waals surface area contributed by atoms with Crippen LogP contribution in [0.1, 0.15) is 21.5 Å². The zero-order valence-electron chi connectivity index (χ0n) is 11.0. The number of hydrogen-bond acceptors (Lipinski definition) is 4. The highest BCUT2D eigenvalue weighted by atomic mass is 19.1. The highest BCUT2D eigenvalue weighted by molar-refractivity contribution is 5.97. The number of anilines is 1. The van der Waals surface area contributed by atoms with Crippen LogP contribution in [-0.4, -0.2) is 5.91 Å². The van der Waals surface area contributed by atoms with Crippen molar-refractivity contribution in [3.05, 3.63) is 58.9 Å². The maximum absolute atomic E-state index is 13.7.